The molecule has 27 heavy (non-hydrogen) atoms. The molecule has 1 unspecified atom stereocenters. The van der Waals surface area contributed by atoms with Crippen LogP contribution in [0.15, 0.2) is 48.5 Å². The van der Waals surface area contributed by atoms with Crippen molar-refractivity contribution in [3.05, 3.63) is 54.1 Å². The predicted octanol–water partition coefficient (Wildman–Crippen LogP) is 3.89. The number of rotatable bonds is 7. The van der Waals surface area contributed by atoms with Crippen LogP contribution >= 0.6 is 0 Å². The van der Waals surface area contributed by atoms with Crippen LogP contribution in [0.1, 0.15) is 31.4 Å². The zero-order valence-electron chi connectivity index (χ0n) is 16.4. The third kappa shape index (κ3) is 4.25. The number of likely N-dealkylation sites (tertiary alicyclic amines) is 1. The summed E-state index contributed by atoms with van der Waals surface area (Å²) < 4.78 is 10.9. The summed E-state index contributed by atoms with van der Waals surface area (Å²) in [6, 6.07) is 16.0. The molecule has 1 aliphatic heterocycles. The Hall–Kier alpha value is -2.53. The third-order valence-corrected chi connectivity index (χ3v) is 5.19. The first-order valence-corrected chi connectivity index (χ1v) is 9.49. The second-order valence-electron chi connectivity index (χ2n) is 6.71. The van der Waals surface area contributed by atoms with Crippen LogP contribution in [0.2, 0.25) is 0 Å². The molecule has 0 radical (unpaired) electrons. The van der Waals surface area contributed by atoms with Gasteiger partial charge in [0.05, 0.1) is 20.8 Å². The Kier molecular flexibility index (Phi) is 6.35. The lowest BCUT2D eigenvalue weighted by Gasteiger charge is -2.29. The highest BCUT2D eigenvalue weighted by Gasteiger charge is 2.31. The van der Waals surface area contributed by atoms with E-state index in [-0.39, 0.29) is 11.9 Å². The van der Waals surface area contributed by atoms with Gasteiger partial charge >= 0.3 is 0 Å². The quantitative estimate of drug-likeness (QED) is 0.743. The molecule has 5 heteroatoms. The molecular formula is C22H28N2O3. The average Bonchev–Trinajstić information content (AvgIpc) is 3.16. The molecule has 1 fully saturated rings. The number of benzene rings is 2. The molecule has 144 valence electrons. The van der Waals surface area contributed by atoms with E-state index in [4.69, 9.17) is 9.47 Å². The monoisotopic (exact) mass is 368 g/mol. The first kappa shape index (κ1) is 19.2. The molecule has 1 saturated heterocycles. The Morgan fingerprint density at radius 1 is 1.15 bits per heavy atom. The van der Waals surface area contributed by atoms with Crippen molar-refractivity contribution in [2.24, 2.45) is 0 Å². The van der Waals surface area contributed by atoms with Gasteiger partial charge in [0.1, 0.15) is 11.5 Å². The molecule has 0 saturated carbocycles. The van der Waals surface area contributed by atoms with E-state index < -0.39 is 0 Å². The van der Waals surface area contributed by atoms with Gasteiger partial charge in [-0.2, -0.15) is 0 Å². The molecular weight excluding hydrogens is 340 g/mol. The highest BCUT2D eigenvalue weighted by molar-refractivity contribution is 5.94. The number of methoxy groups -OCH3 is 2. The van der Waals surface area contributed by atoms with Crippen molar-refractivity contribution in [3.63, 3.8) is 0 Å². The van der Waals surface area contributed by atoms with Crippen molar-refractivity contribution in [2.75, 3.05) is 38.8 Å². The Morgan fingerprint density at radius 2 is 1.93 bits per heavy atom. The second-order valence-corrected chi connectivity index (χ2v) is 6.71. The summed E-state index contributed by atoms with van der Waals surface area (Å²) in [5.74, 6) is 1.72. The van der Waals surface area contributed by atoms with Gasteiger partial charge in [0.25, 0.3) is 0 Å². The highest BCUT2D eigenvalue weighted by atomic mass is 16.5. The third-order valence-electron chi connectivity index (χ3n) is 5.19. The first-order chi connectivity index (χ1) is 13.2. The SMILES string of the molecule is CCN(C(=O)CN1CCCC1c1ccc(OC)cc1OC)c1ccccc1. The molecule has 0 aliphatic carbocycles. The van der Waals surface area contributed by atoms with E-state index in [9.17, 15) is 4.79 Å². The number of carbonyl (C=O) groups is 1. The second kappa shape index (κ2) is 8.91. The summed E-state index contributed by atoms with van der Waals surface area (Å²) in [4.78, 5) is 17.1. The fraction of sp³-hybridized carbons (Fsp3) is 0.409. The maximum Gasteiger partial charge on any atom is 0.241 e. The van der Waals surface area contributed by atoms with Gasteiger partial charge < -0.3 is 14.4 Å². The van der Waals surface area contributed by atoms with E-state index in [0.717, 1.165) is 42.1 Å². The van der Waals surface area contributed by atoms with E-state index in [1.807, 2.05) is 54.3 Å². The van der Waals surface area contributed by atoms with Crippen LogP contribution in [0, 0.1) is 0 Å². The largest absolute Gasteiger partial charge is 0.497 e. The number of amides is 1. The fourth-order valence-corrected chi connectivity index (χ4v) is 3.83. The first-order valence-electron chi connectivity index (χ1n) is 9.49. The lowest BCUT2D eigenvalue weighted by Crippen LogP contribution is -2.40. The topological polar surface area (TPSA) is 42.0 Å². The minimum absolute atomic E-state index is 0.128. The van der Waals surface area contributed by atoms with Crippen molar-refractivity contribution >= 4 is 11.6 Å². The maximum atomic E-state index is 13.0. The lowest BCUT2D eigenvalue weighted by molar-refractivity contribution is -0.119. The van der Waals surface area contributed by atoms with Gasteiger partial charge in [0.2, 0.25) is 5.91 Å². The standard InChI is InChI=1S/C22H28N2O3/c1-4-24(17-9-6-5-7-10-17)22(25)16-23-14-8-11-20(23)19-13-12-18(26-2)15-21(19)27-3/h5-7,9-10,12-13,15,20H,4,8,11,14,16H2,1-3H3. The van der Waals surface area contributed by atoms with Crippen LogP contribution < -0.4 is 14.4 Å². The number of para-hydroxylation sites is 1. The number of ether oxygens (including phenoxy) is 2. The van der Waals surface area contributed by atoms with Crippen molar-refractivity contribution in [2.45, 2.75) is 25.8 Å². The number of carbonyl (C=O) groups excluding carboxylic acids is 1. The minimum atomic E-state index is 0.128. The highest BCUT2D eigenvalue weighted by Crippen LogP contribution is 2.38. The number of hydrogen-bond donors (Lipinski definition) is 0. The zero-order valence-corrected chi connectivity index (χ0v) is 16.4. The zero-order chi connectivity index (χ0) is 19.2. The number of likely N-dealkylation sites (N-methyl/N-ethyl adjacent to an activating group) is 1. The van der Waals surface area contributed by atoms with Gasteiger partial charge in [-0.15, -0.1) is 0 Å². The molecule has 5 nitrogen and oxygen atoms in total. The van der Waals surface area contributed by atoms with E-state index in [1.54, 1.807) is 14.2 Å². The summed E-state index contributed by atoms with van der Waals surface area (Å²) in [6.07, 6.45) is 2.10. The summed E-state index contributed by atoms with van der Waals surface area (Å²) in [7, 11) is 3.33. The molecule has 1 amide bonds. The average molecular weight is 368 g/mol. The van der Waals surface area contributed by atoms with Gasteiger partial charge in [-0.3, -0.25) is 9.69 Å². The fourth-order valence-electron chi connectivity index (χ4n) is 3.83. The molecule has 0 bridgehead atoms. The Labute approximate surface area is 161 Å². The Morgan fingerprint density at radius 3 is 2.59 bits per heavy atom. The predicted molar refractivity (Wildman–Crippen MR) is 108 cm³/mol. The Bertz CT molecular complexity index is 763. The molecule has 3 rings (SSSR count). The van der Waals surface area contributed by atoms with Crippen LogP contribution in [0.3, 0.4) is 0 Å². The van der Waals surface area contributed by atoms with E-state index >= 15 is 0 Å². The van der Waals surface area contributed by atoms with Gasteiger partial charge in [-0.1, -0.05) is 24.3 Å². The van der Waals surface area contributed by atoms with Gasteiger partial charge in [0, 0.05) is 29.9 Å². The summed E-state index contributed by atoms with van der Waals surface area (Å²) in [5, 5.41) is 0. The van der Waals surface area contributed by atoms with Crippen LogP contribution in [-0.2, 0) is 4.79 Å². The number of nitrogens with zero attached hydrogens (tertiary/aromatic N) is 2. The smallest absolute Gasteiger partial charge is 0.241 e. The molecule has 2 aromatic carbocycles. The van der Waals surface area contributed by atoms with Crippen molar-refractivity contribution in [1.29, 1.82) is 0 Å². The molecule has 1 aliphatic rings. The molecule has 0 aromatic heterocycles. The summed E-state index contributed by atoms with van der Waals surface area (Å²) in [5.41, 5.74) is 2.06. The van der Waals surface area contributed by atoms with Gasteiger partial charge in [0.15, 0.2) is 0 Å². The van der Waals surface area contributed by atoms with E-state index in [2.05, 4.69) is 11.0 Å². The molecule has 1 atom stereocenters. The Balaban J connectivity index is 1.78. The molecule has 1 heterocycles. The van der Waals surface area contributed by atoms with Crippen molar-refractivity contribution < 1.29 is 14.3 Å². The van der Waals surface area contributed by atoms with E-state index in [0.29, 0.717) is 13.1 Å². The van der Waals surface area contributed by atoms with Crippen LogP contribution in [0.5, 0.6) is 11.5 Å². The van der Waals surface area contributed by atoms with Crippen LogP contribution in [0.25, 0.3) is 0 Å². The number of hydrogen-bond acceptors (Lipinski definition) is 4. The van der Waals surface area contributed by atoms with E-state index in [1.165, 1.54) is 0 Å². The maximum absolute atomic E-state index is 13.0. The number of anilines is 1. The summed E-state index contributed by atoms with van der Waals surface area (Å²) in [6.45, 7) is 3.99. The van der Waals surface area contributed by atoms with Gasteiger partial charge in [-0.05, 0) is 44.5 Å². The minimum Gasteiger partial charge on any atom is -0.497 e. The molecule has 0 N–H and O–H groups in total. The lowest BCUT2D eigenvalue weighted by atomic mass is 10.0. The van der Waals surface area contributed by atoms with Crippen LogP contribution in [-0.4, -0.2) is 44.7 Å². The normalized spacial score (nSPS) is 16.9. The molecule has 0 spiro atoms. The van der Waals surface area contributed by atoms with Crippen LogP contribution in [0.4, 0.5) is 5.69 Å². The van der Waals surface area contributed by atoms with Crippen molar-refractivity contribution in [3.8, 4) is 11.5 Å². The van der Waals surface area contributed by atoms with Crippen molar-refractivity contribution in [1.82, 2.24) is 4.90 Å². The molecule has 2 aromatic rings. The van der Waals surface area contributed by atoms with Gasteiger partial charge in [-0.25, -0.2) is 0 Å². The summed E-state index contributed by atoms with van der Waals surface area (Å²) >= 11 is 0.